The number of rotatable bonds is 0. The third-order valence-electron chi connectivity index (χ3n) is 2.74. The summed E-state index contributed by atoms with van der Waals surface area (Å²) >= 11 is 0. The van der Waals surface area contributed by atoms with Crippen LogP contribution < -0.4 is 0 Å². The molecule has 30 heavy (non-hydrogen) atoms. The van der Waals surface area contributed by atoms with Crippen molar-refractivity contribution < 1.29 is 38.0 Å². The van der Waals surface area contributed by atoms with Crippen LogP contribution in [-0.4, -0.2) is 20.4 Å². The van der Waals surface area contributed by atoms with Crippen LogP contribution >= 0.6 is 0 Å². The van der Waals surface area contributed by atoms with Crippen molar-refractivity contribution in [1.82, 2.24) is 0 Å². The van der Waals surface area contributed by atoms with Gasteiger partial charge in [-0.15, -0.1) is 0 Å². The number of hydrogen-bond donors (Lipinski definition) is 4. The van der Waals surface area contributed by atoms with Crippen molar-refractivity contribution in [2.75, 3.05) is 0 Å². The second kappa shape index (κ2) is 16.5. The number of benzene rings is 3. The molecule has 0 bridgehead atoms. The second-order valence-corrected chi connectivity index (χ2v) is 4.63. The van der Waals surface area contributed by atoms with Gasteiger partial charge in [-0.25, -0.2) is 8.78 Å². The lowest BCUT2D eigenvalue weighted by Gasteiger charge is -1.94. The summed E-state index contributed by atoms with van der Waals surface area (Å²) < 4.78 is 48.4. The van der Waals surface area contributed by atoms with Crippen LogP contribution in [0.5, 0.6) is 23.0 Å². The maximum atomic E-state index is 12.2. The first-order valence-electron chi connectivity index (χ1n) is 8.97. The van der Waals surface area contributed by atoms with Gasteiger partial charge < -0.3 is 20.4 Å². The van der Waals surface area contributed by atoms with Gasteiger partial charge in [-0.2, -0.15) is 8.78 Å². The Morgan fingerprint density at radius 1 is 0.433 bits per heavy atom. The molecule has 0 saturated heterocycles. The highest BCUT2D eigenvalue weighted by atomic mass is 19.2. The molecule has 4 N–H and O–H groups in total. The summed E-state index contributed by atoms with van der Waals surface area (Å²) in [6, 6.07) is 12.5. The smallest absolute Gasteiger partial charge is 0.206 e. The molecule has 3 aromatic carbocycles. The molecule has 0 aromatic heterocycles. The highest BCUT2D eigenvalue weighted by molar-refractivity contribution is 5.33. The molecular formula is C22H26F4O4. The highest BCUT2D eigenvalue weighted by Crippen LogP contribution is 2.22. The molecule has 0 aliphatic heterocycles. The minimum Gasteiger partial charge on any atom is -0.505 e. The van der Waals surface area contributed by atoms with E-state index in [9.17, 15) is 17.6 Å². The zero-order chi connectivity index (χ0) is 23.7. The van der Waals surface area contributed by atoms with Crippen LogP contribution in [0.4, 0.5) is 17.6 Å². The molecule has 0 saturated carbocycles. The quantitative estimate of drug-likeness (QED) is 0.307. The van der Waals surface area contributed by atoms with Gasteiger partial charge in [0.25, 0.3) is 0 Å². The Labute approximate surface area is 173 Å². The lowest BCUT2D eigenvalue weighted by molar-refractivity contribution is 0.389. The molecule has 0 spiro atoms. The van der Waals surface area contributed by atoms with E-state index in [2.05, 4.69) is 0 Å². The minimum atomic E-state index is -1.20. The monoisotopic (exact) mass is 430 g/mol. The largest absolute Gasteiger partial charge is 0.505 e. The molecule has 0 aliphatic carbocycles. The maximum Gasteiger partial charge on any atom is 0.206 e. The number of phenols is 4. The van der Waals surface area contributed by atoms with Crippen molar-refractivity contribution in [3.8, 4) is 23.0 Å². The summed E-state index contributed by atoms with van der Waals surface area (Å²) in [5, 5.41) is 34.2. The summed E-state index contributed by atoms with van der Waals surface area (Å²) in [6.07, 6.45) is 0. The lowest BCUT2D eigenvalue weighted by Crippen LogP contribution is -1.81. The fourth-order valence-corrected chi connectivity index (χ4v) is 1.45. The van der Waals surface area contributed by atoms with E-state index < -0.39 is 40.5 Å². The number of phenolic OH excluding ortho intramolecular Hbond substituents is 4. The van der Waals surface area contributed by atoms with E-state index in [0.717, 1.165) is 24.3 Å². The van der Waals surface area contributed by atoms with E-state index >= 15 is 0 Å². The van der Waals surface area contributed by atoms with Crippen LogP contribution in [0.15, 0.2) is 60.7 Å². The van der Waals surface area contributed by atoms with Crippen LogP contribution in [-0.2, 0) is 0 Å². The van der Waals surface area contributed by atoms with Gasteiger partial charge in [0, 0.05) is 0 Å². The zero-order valence-electron chi connectivity index (χ0n) is 17.1. The fraction of sp³-hybridized carbons (Fsp3) is 0.182. The number of para-hydroxylation sites is 1. The minimum absolute atomic E-state index is 0.299. The maximum absolute atomic E-state index is 12.2. The molecule has 0 amide bonds. The van der Waals surface area contributed by atoms with E-state index in [4.69, 9.17) is 20.4 Å². The van der Waals surface area contributed by atoms with Gasteiger partial charge >= 0.3 is 0 Å². The first kappa shape index (κ1) is 28.8. The van der Waals surface area contributed by atoms with E-state index in [0.29, 0.717) is 0 Å². The summed E-state index contributed by atoms with van der Waals surface area (Å²) in [4.78, 5) is 0. The van der Waals surface area contributed by atoms with Crippen molar-refractivity contribution in [1.29, 1.82) is 0 Å². The SMILES string of the molecule is CC.CC.Oc1cccc(F)c1F.Oc1cccc(O)c1F.Oc1ccccc1F. The van der Waals surface area contributed by atoms with Crippen LogP contribution in [0.25, 0.3) is 0 Å². The van der Waals surface area contributed by atoms with E-state index in [-0.39, 0.29) is 5.75 Å². The van der Waals surface area contributed by atoms with E-state index in [1.54, 1.807) is 6.07 Å². The van der Waals surface area contributed by atoms with Gasteiger partial charge in [0.05, 0.1) is 0 Å². The molecule has 0 radical (unpaired) electrons. The van der Waals surface area contributed by atoms with Crippen LogP contribution in [0, 0.1) is 23.3 Å². The van der Waals surface area contributed by atoms with Gasteiger partial charge in [0.15, 0.2) is 40.4 Å². The number of halogens is 4. The van der Waals surface area contributed by atoms with Gasteiger partial charge in [-0.05, 0) is 36.4 Å². The van der Waals surface area contributed by atoms with Gasteiger partial charge in [0.1, 0.15) is 0 Å². The van der Waals surface area contributed by atoms with Crippen molar-refractivity contribution in [3.05, 3.63) is 83.9 Å². The standard InChI is InChI=1S/C6H4F2O.C6H5FO2.C6H5FO.2C2H6/c7-4-2-1-3-5(9)6(4)8;7-6-4(8)2-1-3-5(6)9;7-5-3-1-2-4-6(5)8;2*1-2/h1-3,9H;1-3,8-9H;1-4,8H;2*1-2H3. The van der Waals surface area contributed by atoms with Crippen molar-refractivity contribution >= 4 is 0 Å². The van der Waals surface area contributed by atoms with Crippen molar-refractivity contribution in [3.63, 3.8) is 0 Å². The third-order valence-corrected chi connectivity index (χ3v) is 2.74. The van der Waals surface area contributed by atoms with Crippen molar-refractivity contribution in [2.45, 2.75) is 27.7 Å². The van der Waals surface area contributed by atoms with Crippen LogP contribution in [0.1, 0.15) is 27.7 Å². The van der Waals surface area contributed by atoms with Gasteiger partial charge in [0.2, 0.25) is 5.82 Å². The lowest BCUT2D eigenvalue weighted by atomic mass is 10.3. The first-order chi connectivity index (χ1) is 14.2. The molecular weight excluding hydrogens is 404 g/mol. The summed E-state index contributed by atoms with van der Waals surface area (Å²) in [6.45, 7) is 8.00. The summed E-state index contributed by atoms with van der Waals surface area (Å²) in [5.41, 5.74) is 0. The molecule has 166 valence electrons. The first-order valence-corrected chi connectivity index (χ1v) is 8.97. The normalized spacial score (nSPS) is 8.53. The molecule has 0 atom stereocenters. The Morgan fingerprint density at radius 2 is 0.767 bits per heavy atom. The predicted octanol–water partition coefficient (Wildman–Crippen LogP) is 6.49. The zero-order valence-corrected chi connectivity index (χ0v) is 17.1. The molecule has 0 aliphatic rings. The number of aromatic hydroxyl groups is 4. The Bertz CT molecular complexity index is 747. The topological polar surface area (TPSA) is 80.9 Å². The molecule has 0 fully saturated rings. The Hall–Kier alpha value is -3.42. The van der Waals surface area contributed by atoms with Crippen molar-refractivity contribution in [2.24, 2.45) is 0 Å². The summed E-state index contributed by atoms with van der Waals surface area (Å²) in [7, 11) is 0. The molecule has 0 unspecified atom stereocenters. The molecule has 0 heterocycles. The van der Waals surface area contributed by atoms with E-state index in [1.165, 1.54) is 30.3 Å². The number of hydrogen-bond acceptors (Lipinski definition) is 4. The Balaban J connectivity index is 0. The van der Waals surface area contributed by atoms with E-state index in [1.807, 2.05) is 27.7 Å². The van der Waals surface area contributed by atoms with Crippen LogP contribution in [0.3, 0.4) is 0 Å². The average Bonchev–Trinajstić information content (AvgIpc) is 2.76. The Morgan fingerprint density at radius 3 is 1.07 bits per heavy atom. The molecule has 3 rings (SSSR count). The summed E-state index contributed by atoms with van der Waals surface area (Å²) in [5.74, 6) is -5.80. The molecule has 3 aromatic rings. The van der Waals surface area contributed by atoms with Gasteiger partial charge in [-0.3, -0.25) is 0 Å². The molecule has 4 nitrogen and oxygen atoms in total. The molecule has 8 heteroatoms. The second-order valence-electron chi connectivity index (χ2n) is 4.63. The average molecular weight is 430 g/mol. The van der Waals surface area contributed by atoms with Crippen LogP contribution in [0.2, 0.25) is 0 Å². The predicted molar refractivity (Wildman–Crippen MR) is 109 cm³/mol. The third kappa shape index (κ3) is 10.8. The van der Waals surface area contributed by atoms with Gasteiger partial charge in [-0.1, -0.05) is 52.0 Å². The Kier molecular flexibility index (Phi) is 15.9. The fourth-order valence-electron chi connectivity index (χ4n) is 1.45. The highest BCUT2D eigenvalue weighted by Gasteiger charge is 2.03.